The molecule has 0 radical (unpaired) electrons. The van der Waals surface area contributed by atoms with Gasteiger partial charge < -0.3 is 14.6 Å². The summed E-state index contributed by atoms with van der Waals surface area (Å²) in [7, 11) is -2.55. The number of aryl methyl sites for hydroxylation is 2. The molecule has 0 saturated heterocycles. The molecule has 0 fully saturated rings. The number of ether oxygens (including phenoxy) is 2. The van der Waals surface area contributed by atoms with Gasteiger partial charge in [0.15, 0.2) is 5.03 Å². The highest BCUT2D eigenvalue weighted by Crippen LogP contribution is 2.36. The van der Waals surface area contributed by atoms with Crippen molar-refractivity contribution in [3.05, 3.63) is 77.0 Å². The van der Waals surface area contributed by atoms with Crippen molar-refractivity contribution in [1.29, 1.82) is 0 Å². The van der Waals surface area contributed by atoms with Crippen LogP contribution in [0.2, 0.25) is 0 Å². The number of hydrogen-bond donors (Lipinski definition) is 1. The molecule has 9 heteroatoms. The number of anilines is 1. The molecule has 2 aromatic carbocycles. The minimum Gasteiger partial charge on any atom is -0.496 e. The predicted octanol–water partition coefficient (Wildman–Crippen LogP) is 4.84. The second-order valence-electron chi connectivity index (χ2n) is 8.63. The van der Waals surface area contributed by atoms with Crippen molar-refractivity contribution < 1.29 is 27.8 Å². The lowest BCUT2D eigenvalue weighted by molar-refractivity contribution is 0.0693. The van der Waals surface area contributed by atoms with E-state index in [0.717, 1.165) is 11.1 Å². The third kappa shape index (κ3) is 5.92. The number of nitrogens with zero attached hydrogens (tertiary/aromatic N) is 2. The lowest BCUT2D eigenvalue weighted by Gasteiger charge is -2.28. The van der Waals surface area contributed by atoms with Gasteiger partial charge in [-0.2, -0.15) is 8.42 Å². The van der Waals surface area contributed by atoms with Gasteiger partial charge in [-0.05, 0) is 72.9 Å². The highest BCUT2D eigenvalue weighted by Gasteiger charge is 2.29. The summed E-state index contributed by atoms with van der Waals surface area (Å²) >= 11 is 0. The van der Waals surface area contributed by atoms with Crippen LogP contribution in [0.1, 0.15) is 40.9 Å². The molecule has 1 heterocycles. The van der Waals surface area contributed by atoms with Crippen LogP contribution in [0.5, 0.6) is 11.5 Å². The molecule has 3 aromatic rings. The molecular weight excluding hydrogens is 468 g/mol. The SMILES string of the molecule is COc1cc(COc2cc(C)c(C)cc2N(CC(C)C)S(=O)(=O)c2ccccn2)ccc1C(=O)O. The van der Waals surface area contributed by atoms with Gasteiger partial charge >= 0.3 is 5.97 Å². The monoisotopic (exact) mass is 498 g/mol. The van der Waals surface area contributed by atoms with Gasteiger partial charge in [-0.3, -0.25) is 4.31 Å². The smallest absolute Gasteiger partial charge is 0.339 e. The highest BCUT2D eigenvalue weighted by atomic mass is 32.2. The fourth-order valence-electron chi connectivity index (χ4n) is 3.52. The molecule has 0 aliphatic heterocycles. The summed E-state index contributed by atoms with van der Waals surface area (Å²) in [6, 6.07) is 13.1. The lowest BCUT2D eigenvalue weighted by atomic mass is 10.1. The summed E-state index contributed by atoms with van der Waals surface area (Å²) in [6.07, 6.45) is 1.45. The van der Waals surface area contributed by atoms with Gasteiger partial charge in [0, 0.05) is 12.7 Å². The minimum atomic E-state index is -3.95. The van der Waals surface area contributed by atoms with Gasteiger partial charge in [0.05, 0.1) is 12.8 Å². The molecule has 0 atom stereocenters. The first-order valence-corrected chi connectivity index (χ1v) is 12.6. The number of methoxy groups -OCH3 is 1. The Labute approximate surface area is 206 Å². The van der Waals surface area contributed by atoms with Crippen molar-refractivity contribution in [2.75, 3.05) is 18.0 Å². The number of rotatable bonds is 10. The molecular formula is C26H30N2O6S. The second kappa shape index (κ2) is 10.8. The second-order valence-corrected chi connectivity index (χ2v) is 10.4. The van der Waals surface area contributed by atoms with Gasteiger partial charge in [0.2, 0.25) is 0 Å². The summed E-state index contributed by atoms with van der Waals surface area (Å²) in [5, 5.41) is 9.27. The lowest BCUT2D eigenvalue weighted by Crippen LogP contribution is -2.35. The topological polar surface area (TPSA) is 106 Å². The average Bonchev–Trinajstić information content (AvgIpc) is 2.83. The Morgan fingerprint density at radius 3 is 2.37 bits per heavy atom. The summed E-state index contributed by atoms with van der Waals surface area (Å²) in [6.45, 7) is 8.05. The molecule has 1 N–H and O–H groups in total. The average molecular weight is 499 g/mol. The molecule has 0 unspecified atom stereocenters. The molecule has 3 rings (SSSR count). The van der Waals surface area contributed by atoms with Crippen LogP contribution in [0.4, 0.5) is 5.69 Å². The van der Waals surface area contributed by atoms with E-state index < -0.39 is 16.0 Å². The normalized spacial score (nSPS) is 11.4. The van der Waals surface area contributed by atoms with Crippen molar-refractivity contribution in [3.8, 4) is 11.5 Å². The van der Waals surface area contributed by atoms with Gasteiger partial charge in [-0.15, -0.1) is 0 Å². The van der Waals surface area contributed by atoms with Crippen LogP contribution in [0, 0.1) is 19.8 Å². The van der Waals surface area contributed by atoms with Crippen LogP contribution in [-0.2, 0) is 16.6 Å². The quantitative estimate of drug-likeness (QED) is 0.426. The molecule has 35 heavy (non-hydrogen) atoms. The number of aromatic nitrogens is 1. The Balaban J connectivity index is 2.04. The fourth-order valence-corrected chi connectivity index (χ4v) is 5.08. The standard InChI is InChI=1S/C26H30N2O6S/c1-17(2)15-28(35(31,32)25-8-6-7-11-27-25)22-12-18(3)19(4)13-24(22)34-16-20-9-10-21(26(29)30)23(14-20)33-5/h6-14,17H,15-16H2,1-5H3,(H,29,30). The molecule has 0 spiro atoms. The number of carboxylic acid groups (broad SMARTS) is 1. The first kappa shape index (κ1) is 26.0. The first-order chi connectivity index (χ1) is 16.5. The molecule has 1 aromatic heterocycles. The Morgan fingerprint density at radius 2 is 1.77 bits per heavy atom. The van der Waals surface area contributed by atoms with E-state index in [1.807, 2.05) is 39.8 Å². The van der Waals surface area contributed by atoms with Gasteiger partial charge in [-0.1, -0.05) is 26.0 Å². The van der Waals surface area contributed by atoms with E-state index in [1.165, 1.54) is 29.7 Å². The van der Waals surface area contributed by atoms with Crippen molar-refractivity contribution in [2.24, 2.45) is 5.92 Å². The van der Waals surface area contributed by atoms with Crippen LogP contribution < -0.4 is 13.8 Å². The Bertz CT molecular complexity index is 1310. The third-order valence-electron chi connectivity index (χ3n) is 5.46. The number of benzene rings is 2. The van der Waals surface area contributed by atoms with Crippen molar-refractivity contribution in [1.82, 2.24) is 4.98 Å². The van der Waals surface area contributed by atoms with E-state index in [2.05, 4.69) is 4.98 Å². The number of carboxylic acids is 1. The maximum absolute atomic E-state index is 13.6. The highest BCUT2D eigenvalue weighted by molar-refractivity contribution is 7.92. The van der Waals surface area contributed by atoms with Crippen molar-refractivity contribution in [2.45, 2.75) is 39.3 Å². The van der Waals surface area contributed by atoms with E-state index in [4.69, 9.17) is 9.47 Å². The van der Waals surface area contributed by atoms with Crippen LogP contribution in [-0.4, -0.2) is 38.1 Å². The largest absolute Gasteiger partial charge is 0.496 e. The van der Waals surface area contributed by atoms with E-state index in [1.54, 1.807) is 24.3 Å². The zero-order valence-electron chi connectivity index (χ0n) is 20.5. The van der Waals surface area contributed by atoms with Crippen LogP contribution in [0.3, 0.4) is 0 Å². The Hall–Kier alpha value is -3.59. The molecule has 8 nitrogen and oxygen atoms in total. The maximum atomic E-state index is 13.6. The van der Waals surface area contributed by atoms with Crippen LogP contribution in [0.25, 0.3) is 0 Å². The predicted molar refractivity (Wildman–Crippen MR) is 134 cm³/mol. The van der Waals surface area contributed by atoms with Gasteiger partial charge in [-0.25, -0.2) is 9.78 Å². The first-order valence-electron chi connectivity index (χ1n) is 11.1. The molecule has 0 bridgehead atoms. The number of pyridine rings is 1. The van der Waals surface area contributed by atoms with Crippen molar-refractivity contribution >= 4 is 21.7 Å². The Kier molecular flexibility index (Phi) is 8.01. The van der Waals surface area contributed by atoms with E-state index in [-0.39, 0.29) is 35.4 Å². The third-order valence-corrected chi connectivity index (χ3v) is 7.15. The minimum absolute atomic E-state index is 0.0378. The molecule has 0 aliphatic rings. The van der Waals surface area contributed by atoms with E-state index in [0.29, 0.717) is 17.0 Å². The van der Waals surface area contributed by atoms with Crippen LogP contribution in [0.15, 0.2) is 59.8 Å². The number of carbonyl (C=O) groups is 1. The van der Waals surface area contributed by atoms with Crippen molar-refractivity contribution in [3.63, 3.8) is 0 Å². The van der Waals surface area contributed by atoms with Crippen LogP contribution >= 0.6 is 0 Å². The maximum Gasteiger partial charge on any atom is 0.339 e. The summed E-state index contributed by atoms with van der Waals surface area (Å²) in [4.78, 5) is 15.5. The summed E-state index contributed by atoms with van der Waals surface area (Å²) in [5.41, 5.74) is 3.01. The van der Waals surface area contributed by atoms with E-state index in [9.17, 15) is 18.3 Å². The van der Waals surface area contributed by atoms with Gasteiger partial charge in [0.1, 0.15) is 23.7 Å². The van der Waals surface area contributed by atoms with Gasteiger partial charge in [0.25, 0.3) is 10.0 Å². The Morgan fingerprint density at radius 1 is 1.06 bits per heavy atom. The zero-order valence-corrected chi connectivity index (χ0v) is 21.3. The fraction of sp³-hybridized carbons (Fsp3) is 0.308. The van der Waals surface area contributed by atoms with E-state index >= 15 is 0 Å². The molecule has 0 aliphatic carbocycles. The summed E-state index contributed by atoms with van der Waals surface area (Å²) in [5.74, 6) is -0.432. The summed E-state index contributed by atoms with van der Waals surface area (Å²) < 4.78 is 39.9. The zero-order chi connectivity index (χ0) is 25.8. The number of sulfonamides is 1. The molecule has 0 amide bonds. The number of hydrogen-bond acceptors (Lipinski definition) is 6. The molecule has 0 saturated carbocycles. The molecule has 186 valence electrons. The number of aromatic carboxylic acids is 1.